The first-order valence-electron chi connectivity index (χ1n) is 7.24. The van der Waals surface area contributed by atoms with Gasteiger partial charge in [0.1, 0.15) is 6.54 Å². The summed E-state index contributed by atoms with van der Waals surface area (Å²) in [6.07, 6.45) is 2.45. The van der Waals surface area contributed by atoms with Crippen LogP contribution in [0.4, 0.5) is 0 Å². The number of nitrogens with zero attached hydrogens (tertiary/aromatic N) is 2. The molecule has 1 aliphatic rings. The molecule has 0 radical (unpaired) electrons. The van der Waals surface area contributed by atoms with Gasteiger partial charge in [-0.05, 0) is 24.3 Å². The lowest BCUT2D eigenvalue weighted by Crippen LogP contribution is -2.46. The molecule has 8 heteroatoms. The van der Waals surface area contributed by atoms with Gasteiger partial charge in [-0.15, -0.1) is 11.3 Å². The normalized spacial score (nSPS) is 15.5. The molecule has 122 valence electrons. The highest BCUT2D eigenvalue weighted by Gasteiger charge is 2.31. The summed E-state index contributed by atoms with van der Waals surface area (Å²) in [6.45, 7) is 0.676. The van der Waals surface area contributed by atoms with Crippen molar-refractivity contribution in [2.24, 2.45) is 0 Å². The van der Waals surface area contributed by atoms with E-state index in [-0.39, 0.29) is 18.3 Å². The van der Waals surface area contributed by atoms with Crippen molar-refractivity contribution in [2.45, 2.75) is 18.9 Å². The molecular formula is C15H16N2O5S. The molecule has 23 heavy (non-hydrogen) atoms. The molecule has 0 aromatic carbocycles. The molecule has 1 N–H and O–H groups in total. The Bertz CT molecular complexity index is 676. The van der Waals surface area contributed by atoms with Gasteiger partial charge < -0.3 is 19.2 Å². The lowest BCUT2D eigenvalue weighted by molar-refractivity contribution is -0.138. The lowest BCUT2D eigenvalue weighted by Gasteiger charge is -2.32. The second-order valence-corrected chi connectivity index (χ2v) is 6.13. The van der Waals surface area contributed by atoms with Crippen LogP contribution in [0, 0.1) is 0 Å². The van der Waals surface area contributed by atoms with E-state index in [2.05, 4.69) is 4.98 Å². The highest BCUT2D eigenvalue weighted by molar-refractivity contribution is 7.13. The minimum absolute atomic E-state index is 0.153. The molecule has 0 unspecified atom stereocenters. The van der Waals surface area contributed by atoms with Crippen molar-refractivity contribution >= 4 is 23.2 Å². The summed E-state index contributed by atoms with van der Waals surface area (Å²) in [5.41, 5.74) is 0.153. The molecule has 2 aromatic rings. The monoisotopic (exact) mass is 336 g/mol. The maximum absolute atomic E-state index is 12.9. The molecule has 3 heterocycles. The Balaban J connectivity index is 1.89. The minimum Gasteiger partial charge on any atom is -0.480 e. The maximum atomic E-state index is 12.9. The van der Waals surface area contributed by atoms with Gasteiger partial charge in [0, 0.05) is 19.3 Å². The quantitative estimate of drug-likeness (QED) is 0.899. The van der Waals surface area contributed by atoms with E-state index in [1.165, 1.54) is 22.6 Å². The summed E-state index contributed by atoms with van der Waals surface area (Å²) >= 11 is 1.43. The number of carbonyl (C=O) groups is 2. The smallest absolute Gasteiger partial charge is 0.323 e. The molecule has 2 aromatic heterocycles. The van der Waals surface area contributed by atoms with Crippen molar-refractivity contribution in [1.82, 2.24) is 9.88 Å². The van der Waals surface area contributed by atoms with Crippen molar-refractivity contribution in [1.29, 1.82) is 0 Å². The van der Waals surface area contributed by atoms with Gasteiger partial charge in [0.25, 0.3) is 5.91 Å². The second kappa shape index (κ2) is 6.93. The first-order chi connectivity index (χ1) is 11.2. The van der Waals surface area contributed by atoms with Gasteiger partial charge >= 0.3 is 5.97 Å². The van der Waals surface area contributed by atoms with Crippen LogP contribution in [0.1, 0.15) is 23.3 Å². The number of thiophene rings is 1. The number of hydrogen-bond acceptors (Lipinski definition) is 6. The fourth-order valence-corrected chi connectivity index (χ4v) is 3.34. The van der Waals surface area contributed by atoms with E-state index in [1.807, 2.05) is 17.5 Å². The molecule has 3 rings (SSSR count). The van der Waals surface area contributed by atoms with Gasteiger partial charge in [0.05, 0.1) is 4.88 Å². The molecule has 7 nitrogen and oxygen atoms in total. The number of amides is 1. The molecule has 0 saturated carbocycles. The van der Waals surface area contributed by atoms with Gasteiger partial charge in [-0.2, -0.15) is 0 Å². The zero-order valence-corrected chi connectivity index (χ0v) is 13.1. The van der Waals surface area contributed by atoms with Crippen LogP contribution in [-0.4, -0.2) is 52.7 Å². The number of ether oxygens (including phenoxy) is 1. The number of rotatable bonds is 5. The molecule has 0 spiro atoms. The second-order valence-electron chi connectivity index (χ2n) is 5.18. The van der Waals surface area contributed by atoms with Crippen molar-refractivity contribution < 1.29 is 23.8 Å². The number of aliphatic carboxylic acids is 1. The van der Waals surface area contributed by atoms with E-state index in [9.17, 15) is 9.59 Å². The van der Waals surface area contributed by atoms with Gasteiger partial charge in [0.15, 0.2) is 17.8 Å². The van der Waals surface area contributed by atoms with E-state index in [1.54, 1.807) is 0 Å². The van der Waals surface area contributed by atoms with Crippen LogP contribution in [0.15, 0.2) is 28.3 Å². The van der Waals surface area contributed by atoms with Gasteiger partial charge in [0.2, 0.25) is 0 Å². The Morgan fingerprint density at radius 1 is 1.39 bits per heavy atom. The van der Waals surface area contributed by atoms with Crippen LogP contribution in [-0.2, 0) is 9.53 Å². The lowest BCUT2D eigenvalue weighted by atomic mass is 10.1. The highest BCUT2D eigenvalue weighted by atomic mass is 32.1. The van der Waals surface area contributed by atoms with Crippen LogP contribution in [0.5, 0.6) is 0 Å². The van der Waals surface area contributed by atoms with E-state index in [0.717, 1.165) is 4.88 Å². The van der Waals surface area contributed by atoms with Crippen LogP contribution in [0.25, 0.3) is 10.6 Å². The van der Waals surface area contributed by atoms with Gasteiger partial charge in [-0.25, -0.2) is 4.98 Å². The Morgan fingerprint density at radius 2 is 2.17 bits per heavy atom. The number of hydrogen-bond donors (Lipinski definition) is 1. The largest absolute Gasteiger partial charge is 0.480 e. The van der Waals surface area contributed by atoms with E-state index in [0.29, 0.717) is 31.8 Å². The van der Waals surface area contributed by atoms with Gasteiger partial charge in [-0.3, -0.25) is 9.59 Å². The highest BCUT2D eigenvalue weighted by Crippen LogP contribution is 2.29. The molecule has 0 atom stereocenters. The van der Waals surface area contributed by atoms with Crippen molar-refractivity contribution in [3.8, 4) is 10.6 Å². The third kappa shape index (κ3) is 3.43. The number of carboxylic acids is 1. The van der Waals surface area contributed by atoms with Crippen LogP contribution < -0.4 is 0 Å². The summed E-state index contributed by atoms with van der Waals surface area (Å²) in [6, 6.07) is 3.52. The molecular weight excluding hydrogens is 320 g/mol. The van der Waals surface area contributed by atoms with Crippen molar-refractivity contribution in [2.75, 3.05) is 19.8 Å². The van der Waals surface area contributed by atoms with Crippen LogP contribution >= 0.6 is 11.3 Å². The van der Waals surface area contributed by atoms with Gasteiger partial charge in [-0.1, -0.05) is 6.07 Å². The van der Waals surface area contributed by atoms with Crippen LogP contribution in [0.3, 0.4) is 0 Å². The van der Waals surface area contributed by atoms with E-state index in [4.69, 9.17) is 14.3 Å². The topological polar surface area (TPSA) is 92.9 Å². The molecule has 1 fully saturated rings. The average Bonchev–Trinajstić information content (AvgIpc) is 3.23. The predicted molar refractivity (Wildman–Crippen MR) is 82.3 cm³/mol. The number of carbonyl (C=O) groups excluding carboxylic acids is 1. The summed E-state index contributed by atoms with van der Waals surface area (Å²) in [7, 11) is 0. The summed E-state index contributed by atoms with van der Waals surface area (Å²) < 4.78 is 10.6. The average molecular weight is 336 g/mol. The Morgan fingerprint density at radius 3 is 2.83 bits per heavy atom. The zero-order valence-electron chi connectivity index (χ0n) is 12.3. The molecule has 1 amide bonds. The summed E-state index contributed by atoms with van der Waals surface area (Å²) in [5, 5.41) is 11.0. The Kier molecular flexibility index (Phi) is 4.73. The predicted octanol–water partition coefficient (Wildman–Crippen LogP) is 2.11. The fraction of sp³-hybridized carbons (Fsp3) is 0.400. The molecule has 0 bridgehead atoms. The molecule has 1 saturated heterocycles. The molecule has 0 aliphatic carbocycles. The third-order valence-corrected chi connectivity index (χ3v) is 4.58. The Hall–Kier alpha value is -2.19. The standard InChI is InChI=1S/C15H16N2O5S/c18-12(19)8-17(10-3-5-21-6-4-10)15(20)13-14(22-9-16-13)11-2-1-7-23-11/h1-2,7,9-10H,3-6,8H2,(H,18,19). The zero-order chi connectivity index (χ0) is 16.2. The maximum Gasteiger partial charge on any atom is 0.323 e. The fourth-order valence-electron chi connectivity index (χ4n) is 2.63. The number of carboxylic acid groups (broad SMARTS) is 1. The molecule has 1 aliphatic heterocycles. The number of aromatic nitrogens is 1. The Labute approximate surface area is 136 Å². The van der Waals surface area contributed by atoms with E-state index >= 15 is 0 Å². The van der Waals surface area contributed by atoms with E-state index < -0.39 is 11.9 Å². The first kappa shape index (κ1) is 15.7. The first-order valence-corrected chi connectivity index (χ1v) is 8.12. The minimum atomic E-state index is -1.05. The summed E-state index contributed by atoms with van der Waals surface area (Å²) in [4.78, 5) is 30.2. The number of oxazole rings is 1. The van der Waals surface area contributed by atoms with Crippen LogP contribution in [0.2, 0.25) is 0 Å². The third-order valence-electron chi connectivity index (χ3n) is 3.71. The van der Waals surface area contributed by atoms with Crippen molar-refractivity contribution in [3.05, 3.63) is 29.6 Å². The summed E-state index contributed by atoms with van der Waals surface area (Å²) in [5.74, 6) is -1.09. The SMILES string of the molecule is O=C(O)CN(C(=O)c1ncoc1-c1cccs1)C1CCOCC1. The van der Waals surface area contributed by atoms with Crippen molar-refractivity contribution in [3.63, 3.8) is 0 Å².